The molecule has 0 saturated heterocycles. The van der Waals surface area contributed by atoms with Crippen LogP contribution < -0.4 is 9.47 Å². The standard InChI is InChI=1S/C49H34O2/c1-3-13-33(14-4-1)35-17-11-19-37(29-35)39-25-27-43-47(31-39)50-45-23-9-7-21-41(45)49(43)42-22-8-10-24-46(42)51-48-32-40(26-28-44(48)49)38-20-12-18-36(30-38)34-15-5-2-6-16-34/h1-25,27,29-32H,26,28H2. The first-order valence-electron chi connectivity index (χ1n) is 17.7. The van der Waals surface area contributed by atoms with E-state index in [2.05, 4.69) is 182 Å². The highest BCUT2D eigenvalue weighted by atomic mass is 16.5. The van der Waals surface area contributed by atoms with Gasteiger partial charge in [-0.1, -0.05) is 146 Å². The van der Waals surface area contributed by atoms with Crippen molar-refractivity contribution in [1.82, 2.24) is 0 Å². The minimum atomic E-state index is -0.563. The topological polar surface area (TPSA) is 18.5 Å². The Balaban J connectivity index is 1.15. The van der Waals surface area contributed by atoms with Crippen LogP contribution in [0.4, 0.5) is 0 Å². The average molecular weight is 655 g/mol. The van der Waals surface area contributed by atoms with Crippen molar-refractivity contribution >= 4 is 5.57 Å². The van der Waals surface area contributed by atoms with E-state index in [1.54, 1.807) is 0 Å². The van der Waals surface area contributed by atoms with Crippen LogP contribution in [0, 0.1) is 0 Å². The molecule has 242 valence electrons. The Morgan fingerprint density at radius 2 is 0.843 bits per heavy atom. The van der Waals surface area contributed by atoms with E-state index >= 15 is 0 Å². The third-order valence-corrected chi connectivity index (χ3v) is 10.8. The zero-order valence-corrected chi connectivity index (χ0v) is 28.1. The first-order valence-corrected chi connectivity index (χ1v) is 17.7. The molecule has 0 radical (unpaired) electrons. The van der Waals surface area contributed by atoms with Gasteiger partial charge in [0.15, 0.2) is 0 Å². The SMILES string of the molecule is C1=C(c2cccc(-c3ccccc3)c2)CCC2=C1Oc1ccccc1C21c2ccccc2Oc2cc(-c3cccc(-c4ccccc4)c3)ccc21. The Morgan fingerprint density at radius 3 is 1.51 bits per heavy atom. The number of rotatable bonds is 4. The summed E-state index contributed by atoms with van der Waals surface area (Å²) in [7, 11) is 0. The third kappa shape index (κ3) is 4.79. The lowest BCUT2D eigenvalue weighted by Crippen LogP contribution is -2.39. The van der Waals surface area contributed by atoms with Crippen LogP contribution in [0.2, 0.25) is 0 Å². The van der Waals surface area contributed by atoms with Gasteiger partial charge in [-0.2, -0.15) is 0 Å². The fourth-order valence-corrected chi connectivity index (χ4v) is 8.42. The predicted molar refractivity (Wildman–Crippen MR) is 207 cm³/mol. The van der Waals surface area contributed by atoms with Crippen LogP contribution in [0.1, 0.15) is 35.1 Å². The number of hydrogen-bond acceptors (Lipinski definition) is 2. The van der Waals surface area contributed by atoms with Gasteiger partial charge in [0.05, 0.1) is 5.41 Å². The summed E-state index contributed by atoms with van der Waals surface area (Å²) in [5.41, 5.74) is 13.8. The first-order chi connectivity index (χ1) is 25.3. The average Bonchev–Trinajstić information content (AvgIpc) is 3.21. The van der Waals surface area contributed by atoms with E-state index in [0.717, 1.165) is 63.7 Å². The maximum atomic E-state index is 6.87. The van der Waals surface area contributed by atoms with Crippen LogP contribution in [0.3, 0.4) is 0 Å². The molecular weight excluding hydrogens is 621 g/mol. The summed E-state index contributed by atoms with van der Waals surface area (Å²) in [5, 5.41) is 0. The Bertz CT molecular complexity index is 2520. The Kier molecular flexibility index (Phi) is 6.89. The molecule has 3 aliphatic rings. The van der Waals surface area contributed by atoms with Gasteiger partial charge in [-0.3, -0.25) is 0 Å². The second-order valence-electron chi connectivity index (χ2n) is 13.6. The zero-order chi connectivity index (χ0) is 33.8. The van der Waals surface area contributed by atoms with Gasteiger partial charge in [-0.05, 0) is 99.3 Å². The molecule has 0 amide bonds. The van der Waals surface area contributed by atoms with E-state index in [0.29, 0.717) is 0 Å². The summed E-state index contributed by atoms with van der Waals surface area (Å²) in [6, 6.07) is 62.7. The van der Waals surface area contributed by atoms with Crippen molar-refractivity contribution in [1.29, 1.82) is 0 Å². The molecule has 0 aromatic heterocycles. The third-order valence-electron chi connectivity index (χ3n) is 10.8. The Morgan fingerprint density at radius 1 is 0.353 bits per heavy atom. The summed E-state index contributed by atoms with van der Waals surface area (Å²) >= 11 is 0. The zero-order valence-electron chi connectivity index (χ0n) is 28.1. The van der Waals surface area contributed by atoms with E-state index in [-0.39, 0.29) is 0 Å². The molecule has 2 heteroatoms. The van der Waals surface area contributed by atoms with Crippen LogP contribution in [0.5, 0.6) is 17.2 Å². The quantitative estimate of drug-likeness (QED) is 0.188. The molecule has 0 fully saturated rings. The largest absolute Gasteiger partial charge is 0.457 e. The van der Waals surface area contributed by atoms with E-state index in [4.69, 9.17) is 9.47 Å². The molecule has 7 aromatic rings. The lowest BCUT2D eigenvalue weighted by molar-refractivity contribution is 0.368. The van der Waals surface area contributed by atoms with Gasteiger partial charge in [-0.25, -0.2) is 0 Å². The van der Waals surface area contributed by atoms with Crippen molar-refractivity contribution in [3.05, 3.63) is 216 Å². The van der Waals surface area contributed by atoms with Gasteiger partial charge in [0.1, 0.15) is 23.0 Å². The van der Waals surface area contributed by atoms with Crippen molar-refractivity contribution in [2.75, 3.05) is 0 Å². The molecule has 0 N–H and O–H groups in total. The minimum Gasteiger partial charge on any atom is -0.457 e. The molecule has 2 aliphatic heterocycles. The lowest BCUT2D eigenvalue weighted by atomic mass is 9.60. The second kappa shape index (κ2) is 11.9. The molecule has 1 aliphatic carbocycles. The van der Waals surface area contributed by atoms with Crippen molar-refractivity contribution in [3.8, 4) is 50.6 Å². The summed E-state index contributed by atoms with van der Waals surface area (Å²) in [5.74, 6) is 3.58. The molecule has 2 nitrogen and oxygen atoms in total. The van der Waals surface area contributed by atoms with Crippen LogP contribution in [0.25, 0.3) is 39.0 Å². The van der Waals surface area contributed by atoms with Crippen molar-refractivity contribution in [3.63, 3.8) is 0 Å². The van der Waals surface area contributed by atoms with E-state index in [1.165, 1.54) is 39.0 Å². The van der Waals surface area contributed by atoms with Gasteiger partial charge in [0, 0.05) is 16.7 Å². The summed E-state index contributed by atoms with van der Waals surface area (Å²) in [6.07, 6.45) is 4.06. The minimum absolute atomic E-state index is 0.563. The summed E-state index contributed by atoms with van der Waals surface area (Å²) in [6.45, 7) is 0. The molecule has 1 unspecified atom stereocenters. The number of para-hydroxylation sites is 2. The van der Waals surface area contributed by atoms with Crippen molar-refractivity contribution < 1.29 is 9.47 Å². The molecule has 0 bridgehead atoms. The smallest absolute Gasteiger partial charge is 0.132 e. The predicted octanol–water partition coefficient (Wildman–Crippen LogP) is 12.7. The fraction of sp³-hybridized carbons (Fsp3) is 0.0612. The maximum Gasteiger partial charge on any atom is 0.132 e. The maximum absolute atomic E-state index is 6.87. The van der Waals surface area contributed by atoms with E-state index in [9.17, 15) is 0 Å². The molecule has 51 heavy (non-hydrogen) atoms. The number of hydrogen-bond donors (Lipinski definition) is 0. The van der Waals surface area contributed by atoms with E-state index in [1.807, 2.05) is 0 Å². The number of fused-ring (bicyclic) bond motifs is 7. The van der Waals surface area contributed by atoms with Gasteiger partial charge >= 0.3 is 0 Å². The lowest BCUT2D eigenvalue weighted by Gasteiger charge is -2.47. The van der Waals surface area contributed by atoms with Gasteiger partial charge in [-0.15, -0.1) is 0 Å². The molecule has 10 rings (SSSR count). The van der Waals surface area contributed by atoms with Crippen molar-refractivity contribution in [2.45, 2.75) is 18.3 Å². The summed E-state index contributed by atoms with van der Waals surface area (Å²) in [4.78, 5) is 0. The van der Waals surface area contributed by atoms with Crippen molar-refractivity contribution in [2.24, 2.45) is 0 Å². The van der Waals surface area contributed by atoms with Crippen LogP contribution in [-0.2, 0) is 5.41 Å². The highest BCUT2D eigenvalue weighted by Gasteiger charge is 2.51. The molecule has 7 aromatic carbocycles. The Hall–Kier alpha value is -6.38. The molecule has 2 heterocycles. The highest BCUT2D eigenvalue weighted by molar-refractivity contribution is 5.81. The normalized spacial score (nSPS) is 16.9. The van der Waals surface area contributed by atoms with E-state index < -0.39 is 5.41 Å². The molecule has 0 saturated carbocycles. The monoisotopic (exact) mass is 654 g/mol. The molecule has 1 atom stereocenters. The highest BCUT2D eigenvalue weighted by Crippen LogP contribution is 2.62. The molecular formula is C49H34O2. The van der Waals surface area contributed by atoms with Gasteiger partial charge in [0.2, 0.25) is 0 Å². The van der Waals surface area contributed by atoms with Crippen LogP contribution in [0.15, 0.2) is 193 Å². The second-order valence-corrected chi connectivity index (χ2v) is 13.6. The summed E-state index contributed by atoms with van der Waals surface area (Å²) < 4.78 is 13.7. The van der Waals surface area contributed by atoms with Crippen LogP contribution in [-0.4, -0.2) is 0 Å². The van der Waals surface area contributed by atoms with Gasteiger partial charge < -0.3 is 9.47 Å². The number of benzene rings is 7. The van der Waals surface area contributed by atoms with Crippen LogP contribution >= 0.6 is 0 Å². The molecule has 1 spiro atoms. The first kappa shape index (κ1) is 29.5. The number of allylic oxidation sites excluding steroid dienone is 3. The Labute approximate surface area is 298 Å². The number of ether oxygens (including phenoxy) is 2. The van der Waals surface area contributed by atoms with Gasteiger partial charge in [0.25, 0.3) is 0 Å². The fourth-order valence-electron chi connectivity index (χ4n) is 8.42.